The van der Waals surface area contributed by atoms with E-state index in [0.717, 1.165) is 17.1 Å². The molecule has 0 bridgehead atoms. The fourth-order valence-corrected chi connectivity index (χ4v) is 13.1. The first kappa shape index (κ1) is 40.5. The highest BCUT2D eigenvalue weighted by molar-refractivity contribution is 5.96. The normalized spacial score (nSPS) is 14.8. The van der Waals surface area contributed by atoms with E-state index in [1.807, 2.05) is 0 Å². The van der Waals surface area contributed by atoms with Crippen LogP contribution < -0.4 is 4.90 Å². The third kappa shape index (κ3) is 5.55. The van der Waals surface area contributed by atoms with Crippen LogP contribution in [0.5, 0.6) is 0 Å². The van der Waals surface area contributed by atoms with E-state index in [0.29, 0.717) is 0 Å². The number of fused-ring (bicyclic) bond motifs is 10. The van der Waals surface area contributed by atoms with Crippen molar-refractivity contribution in [1.29, 1.82) is 0 Å². The Morgan fingerprint density at radius 2 is 0.557 bits per heavy atom. The summed E-state index contributed by atoms with van der Waals surface area (Å²) in [5.74, 6) is 0. The molecule has 0 unspecified atom stereocenters. The predicted molar refractivity (Wildman–Crippen MR) is 291 cm³/mol. The molecule has 0 saturated heterocycles. The van der Waals surface area contributed by atoms with Crippen molar-refractivity contribution < 1.29 is 0 Å². The summed E-state index contributed by atoms with van der Waals surface area (Å²) in [6, 6.07) is 98.2. The summed E-state index contributed by atoms with van der Waals surface area (Å²) in [5, 5.41) is 2.55. The number of anilines is 3. The summed E-state index contributed by atoms with van der Waals surface area (Å²) in [7, 11) is 0. The van der Waals surface area contributed by atoms with E-state index >= 15 is 0 Å². The Labute approximate surface area is 410 Å². The Kier molecular flexibility index (Phi) is 8.83. The predicted octanol–water partition coefficient (Wildman–Crippen LogP) is 17.3. The molecule has 14 rings (SSSR count). The van der Waals surface area contributed by atoms with Crippen LogP contribution >= 0.6 is 0 Å². The maximum Gasteiger partial charge on any atom is 0.0714 e. The van der Waals surface area contributed by atoms with Gasteiger partial charge in [-0.25, -0.2) is 0 Å². The summed E-state index contributed by atoms with van der Waals surface area (Å²) in [4.78, 5) is 2.55. The fraction of sp³-hybridized carbons (Fsp3) is 0.0725. The molecule has 0 amide bonds. The summed E-state index contributed by atoms with van der Waals surface area (Å²) in [5.41, 5.74) is 22.7. The zero-order chi connectivity index (χ0) is 46.6. The van der Waals surface area contributed by atoms with Crippen molar-refractivity contribution in [2.75, 3.05) is 4.90 Å². The summed E-state index contributed by atoms with van der Waals surface area (Å²) in [6.07, 6.45) is 0. The molecule has 0 heterocycles. The highest BCUT2D eigenvalue weighted by Gasteiger charge is 2.48. The van der Waals surface area contributed by atoms with E-state index in [1.165, 1.54) is 99.8 Å². The molecule has 1 heteroatoms. The largest absolute Gasteiger partial charge is 0.310 e. The highest BCUT2D eigenvalue weighted by atomic mass is 15.1. The van der Waals surface area contributed by atoms with Gasteiger partial charge in [-0.3, -0.25) is 0 Å². The second kappa shape index (κ2) is 15.2. The molecule has 330 valence electrons. The van der Waals surface area contributed by atoms with Gasteiger partial charge in [0.1, 0.15) is 0 Å². The monoisotopic (exact) mass is 891 g/mol. The molecule has 70 heavy (non-hydrogen) atoms. The Morgan fingerprint density at radius 3 is 0.986 bits per heavy atom. The minimum atomic E-state index is -0.547. The van der Waals surface area contributed by atoms with Crippen LogP contribution in [0.1, 0.15) is 69.5 Å². The van der Waals surface area contributed by atoms with E-state index in [2.05, 4.69) is 280 Å². The number of hydrogen-bond acceptors (Lipinski definition) is 1. The molecule has 1 nitrogen and oxygen atoms in total. The van der Waals surface area contributed by atoms with Gasteiger partial charge < -0.3 is 4.90 Å². The van der Waals surface area contributed by atoms with Gasteiger partial charge in [-0.15, -0.1) is 0 Å². The molecular weight excluding hydrogens is 843 g/mol. The lowest BCUT2D eigenvalue weighted by atomic mass is 9.67. The third-order valence-corrected chi connectivity index (χ3v) is 16.2. The second-order valence-electron chi connectivity index (χ2n) is 20.0. The van der Waals surface area contributed by atoms with Crippen LogP contribution in [0.2, 0.25) is 0 Å². The Hall–Kier alpha value is -8.52. The van der Waals surface area contributed by atoms with Crippen LogP contribution in [0, 0.1) is 0 Å². The van der Waals surface area contributed by atoms with E-state index < -0.39 is 10.8 Å². The summed E-state index contributed by atoms with van der Waals surface area (Å²) in [6.45, 7) is 4.81. The Balaban J connectivity index is 1.05. The first-order chi connectivity index (χ1) is 34.5. The Morgan fingerprint density at radius 1 is 0.243 bits per heavy atom. The molecule has 0 N–H and O–H groups in total. The summed E-state index contributed by atoms with van der Waals surface area (Å²) < 4.78 is 0. The van der Waals surface area contributed by atoms with Gasteiger partial charge in [-0.1, -0.05) is 226 Å². The minimum Gasteiger partial charge on any atom is -0.310 e. The van der Waals surface area contributed by atoms with Gasteiger partial charge in [0.05, 0.1) is 10.8 Å². The van der Waals surface area contributed by atoms with Crippen molar-refractivity contribution in [2.24, 2.45) is 0 Å². The van der Waals surface area contributed by atoms with Gasteiger partial charge in [0.15, 0.2) is 0 Å². The van der Waals surface area contributed by atoms with Crippen LogP contribution in [-0.2, 0) is 16.2 Å². The van der Waals surface area contributed by atoms with Crippen LogP contribution in [-0.4, -0.2) is 0 Å². The molecule has 0 aliphatic heterocycles. The summed E-state index contributed by atoms with van der Waals surface area (Å²) >= 11 is 0. The van der Waals surface area contributed by atoms with Crippen LogP contribution in [0.3, 0.4) is 0 Å². The molecular formula is C69H49N. The van der Waals surface area contributed by atoms with Crippen LogP contribution in [0.15, 0.2) is 261 Å². The number of nitrogens with zero attached hydrogens (tertiary/aromatic N) is 1. The lowest BCUT2D eigenvalue weighted by Crippen LogP contribution is -2.29. The van der Waals surface area contributed by atoms with Crippen molar-refractivity contribution in [3.8, 4) is 33.4 Å². The number of rotatable bonds is 7. The SMILES string of the molecule is CC1(C)c2cc(N(c3ccc4c(c3)C(c3ccccc3)(c3ccccc3)c3ccccc3-4)c3ccc4c(c3)C(c3ccccc3)(c3ccccc3)c3ccccc3-4)ccc2-c2cc3ccccc3cc21. The average Bonchev–Trinajstić information content (AvgIpc) is 3.97. The first-order valence-electron chi connectivity index (χ1n) is 24.7. The van der Waals surface area contributed by atoms with Gasteiger partial charge in [0.25, 0.3) is 0 Å². The molecule has 0 radical (unpaired) electrons. The van der Waals surface area contributed by atoms with Gasteiger partial charge in [-0.2, -0.15) is 0 Å². The first-order valence-corrected chi connectivity index (χ1v) is 24.7. The van der Waals surface area contributed by atoms with Crippen molar-refractivity contribution in [3.63, 3.8) is 0 Å². The van der Waals surface area contributed by atoms with E-state index in [-0.39, 0.29) is 5.41 Å². The molecule has 11 aromatic carbocycles. The topological polar surface area (TPSA) is 3.24 Å². The third-order valence-electron chi connectivity index (χ3n) is 16.2. The van der Waals surface area contributed by atoms with Crippen molar-refractivity contribution in [2.45, 2.75) is 30.1 Å². The standard InChI is InChI=1S/C69H49N/c1-67(2)63-42-47-22-16-15-21-46(47)41-60(63)59-40-37-52(43-64(59)67)70(53-35-38-57-55-31-17-19-33-61(55)68(65(57)44-53,48-23-7-3-8-24-48)49-25-9-4-10-26-49)54-36-39-58-56-32-18-20-34-62(56)69(66(58)45-54,50-27-11-5-12-28-50)51-29-13-6-14-30-51/h3-45H,1-2H3. The van der Waals surface area contributed by atoms with Crippen molar-refractivity contribution in [1.82, 2.24) is 0 Å². The molecule has 0 saturated carbocycles. The van der Waals surface area contributed by atoms with Crippen molar-refractivity contribution in [3.05, 3.63) is 316 Å². The maximum absolute atomic E-state index is 2.55. The maximum atomic E-state index is 2.55. The lowest BCUT2D eigenvalue weighted by Gasteiger charge is -2.36. The smallest absolute Gasteiger partial charge is 0.0714 e. The van der Waals surface area contributed by atoms with Crippen molar-refractivity contribution >= 4 is 27.8 Å². The zero-order valence-electron chi connectivity index (χ0n) is 39.3. The quantitative estimate of drug-likeness (QED) is 0.154. The zero-order valence-corrected chi connectivity index (χ0v) is 39.3. The molecule has 0 aromatic heterocycles. The van der Waals surface area contributed by atoms with Crippen LogP contribution in [0.4, 0.5) is 17.1 Å². The van der Waals surface area contributed by atoms with Gasteiger partial charge >= 0.3 is 0 Å². The van der Waals surface area contributed by atoms with Gasteiger partial charge in [-0.05, 0) is 148 Å². The fourth-order valence-electron chi connectivity index (χ4n) is 13.1. The van der Waals surface area contributed by atoms with Gasteiger partial charge in [0, 0.05) is 22.5 Å². The minimum absolute atomic E-state index is 0.221. The molecule has 3 aliphatic rings. The van der Waals surface area contributed by atoms with E-state index in [4.69, 9.17) is 0 Å². The highest BCUT2D eigenvalue weighted by Crippen LogP contribution is 2.60. The number of hydrogen-bond donors (Lipinski definition) is 0. The average molecular weight is 892 g/mol. The number of benzene rings is 11. The molecule has 3 aliphatic carbocycles. The molecule has 11 aromatic rings. The van der Waals surface area contributed by atoms with Crippen LogP contribution in [0.25, 0.3) is 44.2 Å². The van der Waals surface area contributed by atoms with Gasteiger partial charge in [0.2, 0.25) is 0 Å². The molecule has 0 fully saturated rings. The van der Waals surface area contributed by atoms with E-state index in [9.17, 15) is 0 Å². The lowest BCUT2D eigenvalue weighted by molar-refractivity contribution is 0.661. The second-order valence-corrected chi connectivity index (χ2v) is 20.0. The molecule has 0 atom stereocenters. The van der Waals surface area contributed by atoms with E-state index in [1.54, 1.807) is 0 Å². The molecule has 0 spiro atoms. The Bertz CT molecular complexity index is 3590.